The zero-order valence-corrected chi connectivity index (χ0v) is 16.3. The van der Waals surface area contributed by atoms with E-state index in [0.29, 0.717) is 23.3 Å². The second kappa shape index (κ2) is 8.82. The van der Waals surface area contributed by atoms with Crippen LogP contribution in [0.2, 0.25) is 0 Å². The fourth-order valence-electron chi connectivity index (χ4n) is 3.19. The maximum absolute atomic E-state index is 12.6. The lowest BCUT2D eigenvalue weighted by Crippen LogP contribution is -2.25. The Hall–Kier alpha value is -2.66. The first-order chi connectivity index (χ1) is 13.1. The Morgan fingerprint density at radius 2 is 1.74 bits per heavy atom. The van der Waals surface area contributed by atoms with Gasteiger partial charge in [-0.05, 0) is 55.9 Å². The van der Waals surface area contributed by atoms with Crippen LogP contribution in [0.15, 0.2) is 53.3 Å². The highest BCUT2D eigenvalue weighted by molar-refractivity contribution is 5.79. The van der Waals surface area contributed by atoms with Gasteiger partial charge in [0.25, 0.3) is 5.56 Å². The van der Waals surface area contributed by atoms with Crippen LogP contribution in [-0.4, -0.2) is 40.7 Å². The van der Waals surface area contributed by atoms with Crippen LogP contribution < -0.4 is 10.3 Å². The molecule has 3 rings (SSSR count). The summed E-state index contributed by atoms with van der Waals surface area (Å²) in [6.45, 7) is 8.25. The van der Waals surface area contributed by atoms with Crippen molar-refractivity contribution in [1.29, 1.82) is 0 Å². The second-order valence-electron chi connectivity index (χ2n) is 6.57. The fourth-order valence-corrected chi connectivity index (χ4v) is 3.19. The van der Waals surface area contributed by atoms with Crippen LogP contribution in [0.3, 0.4) is 0 Å². The molecule has 0 aliphatic carbocycles. The van der Waals surface area contributed by atoms with Crippen LogP contribution in [-0.2, 0) is 7.05 Å². The summed E-state index contributed by atoms with van der Waals surface area (Å²) in [7, 11) is 1.76. The normalized spacial score (nSPS) is 11.3. The molecule has 1 heterocycles. The predicted molar refractivity (Wildman–Crippen MR) is 110 cm³/mol. The molecule has 5 heteroatoms. The van der Waals surface area contributed by atoms with Gasteiger partial charge >= 0.3 is 0 Å². The Labute approximate surface area is 160 Å². The average Bonchev–Trinajstić information content (AvgIpc) is 2.71. The lowest BCUT2D eigenvalue weighted by atomic mass is 10.1. The topological polar surface area (TPSA) is 47.4 Å². The molecule has 27 heavy (non-hydrogen) atoms. The molecule has 0 amide bonds. The summed E-state index contributed by atoms with van der Waals surface area (Å²) in [4.78, 5) is 19.6. The van der Waals surface area contributed by atoms with Crippen LogP contribution in [0, 0.1) is 0 Å². The highest BCUT2D eigenvalue weighted by atomic mass is 16.5. The molecule has 0 unspecified atom stereocenters. The van der Waals surface area contributed by atoms with Gasteiger partial charge in [-0.2, -0.15) is 0 Å². The van der Waals surface area contributed by atoms with Gasteiger partial charge in [-0.3, -0.25) is 9.36 Å². The summed E-state index contributed by atoms with van der Waals surface area (Å²) < 4.78 is 7.44. The Kier molecular flexibility index (Phi) is 6.24. The van der Waals surface area contributed by atoms with Crippen molar-refractivity contribution in [1.82, 2.24) is 14.5 Å². The maximum atomic E-state index is 12.6. The number of aromatic nitrogens is 2. The van der Waals surface area contributed by atoms with Gasteiger partial charge < -0.3 is 9.64 Å². The van der Waals surface area contributed by atoms with E-state index >= 15 is 0 Å². The van der Waals surface area contributed by atoms with Gasteiger partial charge in [0, 0.05) is 19.2 Å². The van der Waals surface area contributed by atoms with E-state index in [2.05, 4.69) is 23.7 Å². The summed E-state index contributed by atoms with van der Waals surface area (Å²) in [5.41, 5.74) is 1.58. The maximum Gasteiger partial charge on any atom is 0.261 e. The Bertz CT molecular complexity index is 944. The third kappa shape index (κ3) is 4.37. The van der Waals surface area contributed by atoms with Gasteiger partial charge in [-0.25, -0.2) is 4.98 Å². The summed E-state index contributed by atoms with van der Waals surface area (Å²) in [6, 6.07) is 15.2. The molecule has 0 N–H and O–H groups in total. The summed E-state index contributed by atoms with van der Waals surface area (Å²) in [5, 5.41) is 0.636. The van der Waals surface area contributed by atoms with Crippen molar-refractivity contribution in [2.75, 3.05) is 26.2 Å². The predicted octanol–water partition coefficient (Wildman–Crippen LogP) is 3.71. The summed E-state index contributed by atoms with van der Waals surface area (Å²) >= 11 is 0. The minimum Gasteiger partial charge on any atom is -0.494 e. The van der Waals surface area contributed by atoms with E-state index in [4.69, 9.17) is 4.74 Å². The van der Waals surface area contributed by atoms with E-state index in [9.17, 15) is 4.79 Å². The summed E-state index contributed by atoms with van der Waals surface area (Å²) in [6.07, 6.45) is 1.00. The second-order valence-corrected chi connectivity index (χ2v) is 6.57. The Morgan fingerprint density at radius 1 is 1.04 bits per heavy atom. The van der Waals surface area contributed by atoms with Crippen LogP contribution in [0.5, 0.6) is 5.75 Å². The standard InChI is InChI=1S/C22H27N3O2/c1-4-25(5-2)15-8-16-27-18-13-11-17(12-14-18)21-23-20-10-7-6-9-19(20)22(26)24(21)3/h6-7,9-14H,4-5,8,15-16H2,1-3H3. The smallest absolute Gasteiger partial charge is 0.261 e. The molecule has 0 saturated carbocycles. The zero-order valence-electron chi connectivity index (χ0n) is 16.3. The first-order valence-corrected chi connectivity index (χ1v) is 9.55. The lowest BCUT2D eigenvalue weighted by molar-refractivity contribution is 0.249. The van der Waals surface area contributed by atoms with Gasteiger partial charge in [-0.1, -0.05) is 26.0 Å². The van der Waals surface area contributed by atoms with Gasteiger partial charge in [-0.15, -0.1) is 0 Å². The SMILES string of the molecule is CCN(CC)CCCOc1ccc(-c2nc3ccccc3c(=O)n2C)cc1. The first-order valence-electron chi connectivity index (χ1n) is 9.55. The number of hydrogen-bond acceptors (Lipinski definition) is 4. The highest BCUT2D eigenvalue weighted by Gasteiger charge is 2.10. The zero-order chi connectivity index (χ0) is 19.2. The van der Waals surface area contributed by atoms with E-state index in [1.165, 1.54) is 0 Å². The minimum absolute atomic E-state index is 0.0349. The number of ether oxygens (including phenoxy) is 1. The van der Waals surface area contributed by atoms with Crippen LogP contribution in [0.4, 0.5) is 0 Å². The molecule has 2 aromatic carbocycles. The number of benzene rings is 2. The van der Waals surface area contributed by atoms with E-state index < -0.39 is 0 Å². The molecule has 0 radical (unpaired) electrons. The van der Waals surface area contributed by atoms with Crippen molar-refractivity contribution in [3.63, 3.8) is 0 Å². The van der Waals surface area contributed by atoms with E-state index in [0.717, 1.165) is 37.4 Å². The Balaban J connectivity index is 1.71. The van der Waals surface area contributed by atoms with E-state index in [-0.39, 0.29) is 5.56 Å². The van der Waals surface area contributed by atoms with Crippen LogP contribution in [0.25, 0.3) is 22.3 Å². The lowest BCUT2D eigenvalue weighted by Gasteiger charge is -2.17. The minimum atomic E-state index is -0.0349. The van der Waals surface area contributed by atoms with Gasteiger partial charge in [0.2, 0.25) is 0 Å². The van der Waals surface area contributed by atoms with Crippen molar-refractivity contribution in [2.45, 2.75) is 20.3 Å². The van der Waals surface area contributed by atoms with Gasteiger partial charge in [0.1, 0.15) is 11.6 Å². The number of nitrogens with zero attached hydrogens (tertiary/aromatic N) is 3. The van der Waals surface area contributed by atoms with Crippen LogP contribution >= 0.6 is 0 Å². The molecule has 0 aliphatic heterocycles. The summed E-state index contributed by atoms with van der Waals surface area (Å²) in [5.74, 6) is 1.50. The third-order valence-electron chi connectivity index (χ3n) is 4.88. The average molecular weight is 365 g/mol. The molecule has 0 spiro atoms. The van der Waals surface area contributed by atoms with Crippen molar-refractivity contribution in [3.05, 3.63) is 58.9 Å². The molecule has 0 fully saturated rings. The molecule has 5 nitrogen and oxygen atoms in total. The van der Waals surface area contributed by atoms with E-state index in [1.54, 1.807) is 11.6 Å². The number of rotatable bonds is 8. The molecule has 0 bridgehead atoms. The molecular weight excluding hydrogens is 338 g/mol. The molecule has 0 saturated heterocycles. The van der Waals surface area contributed by atoms with Crippen molar-refractivity contribution in [2.24, 2.45) is 7.05 Å². The molecule has 142 valence electrons. The van der Waals surface area contributed by atoms with Crippen molar-refractivity contribution >= 4 is 10.9 Å². The number of para-hydroxylation sites is 1. The molecule has 0 aliphatic rings. The fraction of sp³-hybridized carbons (Fsp3) is 0.364. The molecule has 3 aromatic rings. The van der Waals surface area contributed by atoms with Gasteiger partial charge in [0.05, 0.1) is 17.5 Å². The molecule has 0 atom stereocenters. The first kappa shape index (κ1) is 19.1. The quantitative estimate of drug-likeness (QED) is 0.571. The van der Waals surface area contributed by atoms with Crippen molar-refractivity contribution < 1.29 is 4.74 Å². The monoisotopic (exact) mass is 365 g/mol. The third-order valence-corrected chi connectivity index (χ3v) is 4.88. The molecular formula is C22H27N3O2. The van der Waals surface area contributed by atoms with Gasteiger partial charge in [0.15, 0.2) is 0 Å². The largest absolute Gasteiger partial charge is 0.494 e. The number of fused-ring (bicyclic) bond motifs is 1. The van der Waals surface area contributed by atoms with E-state index in [1.807, 2.05) is 48.5 Å². The number of hydrogen-bond donors (Lipinski definition) is 0. The molecule has 1 aromatic heterocycles. The Morgan fingerprint density at radius 3 is 2.44 bits per heavy atom. The van der Waals surface area contributed by atoms with Crippen LogP contribution in [0.1, 0.15) is 20.3 Å². The van der Waals surface area contributed by atoms with Crippen molar-refractivity contribution in [3.8, 4) is 17.1 Å². The highest BCUT2D eigenvalue weighted by Crippen LogP contribution is 2.21.